The Morgan fingerprint density at radius 2 is 1.81 bits per heavy atom. The Morgan fingerprint density at radius 1 is 1.14 bits per heavy atom. The van der Waals surface area contributed by atoms with Crippen molar-refractivity contribution >= 4 is 11.3 Å². The zero-order valence-electron chi connectivity index (χ0n) is 14.6. The Kier molecular flexibility index (Phi) is 9.21. The second-order valence-electron chi connectivity index (χ2n) is 5.74. The molecular formula is C18H33NOS. The third kappa shape index (κ3) is 5.39. The Hall–Kier alpha value is -0.380. The normalized spacial score (nSPS) is 15.7. The third-order valence-corrected chi connectivity index (χ3v) is 4.95. The molecule has 1 aliphatic carbocycles. The molecule has 0 fully saturated rings. The van der Waals surface area contributed by atoms with Crippen LogP contribution in [0.25, 0.3) is 0 Å². The average molecular weight is 312 g/mol. The first kappa shape index (κ1) is 18.7. The zero-order valence-corrected chi connectivity index (χ0v) is 15.4. The lowest BCUT2D eigenvalue weighted by atomic mass is 9.99. The van der Waals surface area contributed by atoms with Gasteiger partial charge in [0.2, 0.25) is 0 Å². The third-order valence-electron chi connectivity index (χ3n) is 3.73. The van der Waals surface area contributed by atoms with E-state index in [2.05, 4.69) is 33.0 Å². The molecule has 0 bridgehead atoms. The fourth-order valence-electron chi connectivity index (χ4n) is 2.96. The maximum atomic E-state index is 5.96. The fraction of sp³-hybridized carbons (Fsp3) is 0.778. The summed E-state index contributed by atoms with van der Waals surface area (Å²) in [7, 11) is 2.01. The molecule has 1 aromatic heterocycles. The first-order valence-electron chi connectivity index (χ1n) is 8.56. The molecule has 3 heteroatoms. The summed E-state index contributed by atoms with van der Waals surface area (Å²) in [5.41, 5.74) is 3.11. The van der Waals surface area contributed by atoms with E-state index in [1.165, 1.54) is 49.0 Å². The van der Waals surface area contributed by atoms with Gasteiger partial charge in [0.15, 0.2) is 0 Å². The van der Waals surface area contributed by atoms with E-state index in [0.717, 1.165) is 13.2 Å². The Morgan fingerprint density at radius 3 is 2.43 bits per heavy atom. The summed E-state index contributed by atoms with van der Waals surface area (Å²) >= 11 is 2.00. The number of hydrogen-bond acceptors (Lipinski definition) is 3. The Labute approximate surface area is 135 Å². The number of ether oxygens (including phenoxy) is 1. The SMILES string of the molecule is CCC.CCOC(CNC)c1c(C)sc2c1CCCCC2. The summed E-state index contributed by atoms with van der Waals surface area (Å²) in [6, 6.07) is 0. The summed E-state index contributed by atoms with van der Waals surface area (Å²) in [4.78, 5) is 3.09. The molecular weight excluding hydrogens is 278 g/mol. The van der Waals surface area contributed by atoms with Crippen LogP contribution in [-0.2, 0) is 17.6 Å². The summed E-state index contributed by atoms with van der Waals surface area (Å²) < 4.78 is 5.96. The smallest absolute Gasteiger partial charge is 0.0962 e. The Balaban J connectivity index is 0.000000677. The predicted molar refractivity (Wildman–Crippen MR) is 94.6 cm³/mol. The maximum Gasteiger partial charge on any atom is 0.0962 e. The number of rotatable bonds is 5. The lowest BCUT2D eigenvalue weighted by Gasteiger charge is -2.19. The van der Waals surface area contributed by atoms with E-state index in [0.29, 0.717) is 0 Å². The van der Waals surface area contributed by atoms with Crippen LogP contribution in [0.5, 0.6) is 0 Å². The van der Waals surface area contributed by atoms with Crippen LogP contribution in [0.1, 0.15) is 73.4 Å². The molecule has 0 amide bonds. The molecule has 0 radical (unpaired) electrons. The highest BCUT2D eigenvalue weighted by atomic mass is 32.1. The summed E-state index contributed by atoms with van der Waals surface area (Å²) in [5, 5.41) is 3.27. The van der Waals surface area contributed by atoms with Crippen molar-refractivity contribution in [2.45, 2.75) is 72.3 Å². The number of hydrogen-bond donors (Lipinski definition) is 1. The second-order valence-corrected chi connectivity index (χ2v) is 7.05. The molecule has 1 aromatic rings. The Bertz CT molecular complexity index is 394. The first-order valence-corrected chi connectivity index (χ1v) is 9.38. The van der Waals surface area contributed by atoms with E-state index >= 15 is 0 Å². The molecule has 2 rings (SSSR count). The van der Waals surface area contributed by atoms with Crippen LogP contribution in [0.2, 0.25) is 0 Å². The molecule has 0 aromatic carbocycles. The van der Waals surface area contributed by atoms with E-state index < -0.39 is 0 Å². The van der Waals surface area contributed by atoms with E-state index in [1.54, 1.807) is 10.4 Å². The lowest BCUT2D eigenvalue weighted by Crippen LogP contribution is -2.21. The predicted octanol–water partition coefficient (Wildman–Crippen LogP) is 5.04. The van der Waals surface area contributed by atoms with Gasteiger partial charge in [0.1, 0.15) is 0 Å². The highest BCUT2D eigenvalue weighted by molar-refractivity contribution is 7.12. The van der Waals surface area contributed by atoms with Crippen molar-refractivity contribution in [3.63, 3.8) is 0 Å². The lowest BCUT2D eigenvalue weighted by molar-refractivity contribution is 0.0631. The van der Waals surface area contributed by atoms with E-state index in [9.17, 15) is 0 Å². The van der Waals surface area contributed by atoms with Crippen LogP contribution in [0.15, 0.2) is 0 Å². The number of nitrogens with one attached hydrogen (secondary N) is 1. The van der Waals surface area contributed by atoms with Gasteiger partial charge in [-0.3, -0.25) is 0 Å². The minimum absolute atomic E-state index is 0.234. The van der Waals surface area contributed by atoms with Crippen LogP contribution in [0.3, 0.4) is 0 Å². The molecule has 0 saturated heterocycles. The number of thiophene rings is 1. The molecule has 21 heavy (non-hydrogen) atoms. The van der Waals surface area contributed by atoms with Gasteiger partial charge in [-0.15, -0.1) is 11.3 Å². The molecule has 2 nitrogen and oxygen atoms in total. The highest BCUT2D eigenvalue weighted by Gasteiger charge is 2.23. The van der Waals surface area contributed by atoms with Gasteiger partial charge >= 0.3 is 0 Å². The van der Waals surface area contributed by atoms with Crippen LogP contribution >= 0.6 is 11.3 Å². The molecule has 0 saturated carbocycles. The number of aryl methyl sites for hydroxylation is 2. The van der Waals surface area contributed by atoms with E-state index in [1.807, 2.05) is 18.4 Å². The molecule has 1 aliphatic rings. The molecule has 1 N–H and O–H groups in total. The first-order chi connectivity index (χ1) is 10.2. The quantitative estimate of drug-likeness (QED) is 0.769. The van der Waals surface area contributed by atoms with Crippen molar-refractivity contribution in [1.82, 2.24) is 5.32 Å². The van der Waals surface area contributed by atoms with Crippen molar-refractivity contribution in [3.8, 4) is 0 Å². The molecule has 122 valence electrons. The zero-order chi connectivity index (χ0) is 15.7. The van der Waals surface area contributed by atoms with Gasteiger partial charge in [0, 0.05) is 22.9 Å². The maximum absolute atomic E-state index is 5.96. The van der Waals surface area contributed by atoms with Crippen LogP contribution < -0.4 is 5.32 Å². The van der Waals surface area contributed by atoms with Crippen LogP contribution in [-0.4, -0.2) is 20.2 Å². The summed E-state index contributed by atoms with van der Waals surface area (Å²) in [6.45, 7) is 10.3. The molecule has 1 heterocycles. The molecule has 0 spiro atoms. The topological polar surface area (TPSA) is 21.3 Å². The standard InChI is InChI=1S/C15H25NOS.C3H8/c1-4-17-13(10-16-3)15-11(2)18-14-9-7-5-6-8-12(14)15;1-3-2/h13,16H,4-10H2,1-3H3;3H2,1-2H3. The van der Waals surface area contributed by atoms with Gasteiger partial charge in [-0.25, -0.2) is 0 Å². The monoisotopic (exact) mass is 311 g/mol. The largest absolute Gasteiger partial charge is 0.372 e. The summed E-state index contributed by atoms with van der Waals surface area (Å²) in [6.07, 6.45) is 8.09. The minimum Gasteiger partial charge on any atom is -0.372 e. The highest BCUT2D eigenvalue weighted by Crippen LogP contribution is 2.37. The van der Waals surface area contributed by atoms with Crippen molar-refractivity contribution < 1.29 is 4.74 Å². The summed E-state index contributed by atoms with van der Waals surface area (Å²) in [5.74, 6) is 0. The number of likely N-dealkylation sites (N-methyl/N-ethyl adjacent to an activating group) is 1. The van der Waals surface area contributed by atoms with Gasteiger partial charge in [0.25, 0.3) is 0 Å². The minimum atomic E-state index is 0.234. The van der Waals surface area contributed by atoms with Gasteiger partial charge in [0.05, 0.1) is 6.10 Å². The molecule has 1 unspecified atom stereocenters. The van der Waals surface area contributed by atoms with Gasteiger partial charge in [-0.1, -0.05) is 26.7 Å². The van der Waals surface area contributed by atoms with Gasteiger partial charge in [-0.2, -0.15) is 0 Å². The fourth-order valence-corrected chi connectivity index (χ4v) is 4.27. The van der Waals surface area contributed by atoms with Gasteiger partial charge < -0.3 is 10.1 Å². The average Bonchev–Trinajstić information content (AvgIpc) is 2.61. The molecule has 0 aliphatic heterocycles. The van der Waals surface area contributed by atoms with Crippen LogP contribution in [0.4, 0.5) is 0 Å². The van der Waals surface area contributed by atoms with Crippen molar-refractivity contribution in [2.75, 3.05) is 20.2 Å². The van der Waals surface area contributed by atoms with Gasteiger partial charge in [-0.05, 0) is 57.7 Å². The second kappa shape index (κ2) is 10.4. The van der Waals surface area contributed by atoms with E-state index in [4.69, 9.17) is 4.74 Å². The van der Waals surface area contributed by atoms with Crippen LogP contribution in [0, 0.1) is 6.92 Å². The number of fused-ring (bicyclic) bond motifs is 1. The molecule has 1 atom stereocenters. The van der Waals surface area contributed by atoms with Crippen molar-refractivity contribution in [1.29, 1.82) is 0 Å². The van der Waals surface area contributed by atoms with E-state index in [-0.39, 0.29) is 6.10 Å². The van der Waals surface area contributed by atoms with Crippen molar-refractivity contribution in [3.05, 3.63) is 20.9 Å². The van der Waals surface area contributed by atoms with Crippen molar-refractivity contribution in [2.24, 2.45) is 0 Å².